The average Bonchev–Trinajstić information content (AvgIpc) is 2.67. The van der Waals surface area contributed by atoms with Crippen molar-refractivity contribution in [3.63, 3.8) is 0 Å². The van der Waals surface area contributed by atoms with Crippen LogP contribution in [-0.4, -0.2) is 38.2 Å². The number of rotatable bonds is 9. The van der Waals surface area contributed by atoms with Crippen LogP contribution in [0.15, 0.2) is 55.1 Å². The van der Waals surface area contributed by atoms with E-state index in [0.29, 0.717) is 23.6 Å². The molecule has 2 rings (SSSR count). The Morgan fingerprint density at radius 1 is 1.30 bits per heavy atom. The molecule has 1 atom stereocenters. The van der Waals surface area contributed by atoms with E-state index in [1.165, 1.54) is 19.1 Å². The molecule has 160 valence electrons. The van der Waals surface area contributed by atoms with Crippen molar-refractivity contribution in [3.8, 4) is 5.75 Å². The second kappa shape index (κ2) is 9.40. The first-order valence-corrected chi connectivity index (χ1v) is 10.8. The summed E-state index contributed by atoms with van der Waals surface area (Å²) in [6.07, 6.45) is 2.55. The Bertz CT molecular complexity index is 1050. The van der Waals surface area contributed by atoms with E-state index in [2.05, 4.69) is 11.9 Å². The molecule has 0 aliphatic rings. The number of benzene rings is 2. The summed E-state index contributed by atoms with van der Waals surface area (Å²) in [6.45, 7) is 6.93. The number of non-ortho nitro benzene ring substituents is 1. The van der Waals surface area contributed by atoms with E-state index in [1.54, 1.807) is 37.3 Å². The number of hydrogen-bond donors (Lipinski definition) is 1. The first-order chi connectivity index (χ1) is 14.0. The summed E-state index contributed by atoms with van der Waals surface area (Å²) in [7, 11) is -3.92. The summed E-state index contributed by atoms with van der Waals surface area (Å²) in [5.74, 6) is -0.00276. The quantitative estimate of drug-likeness (QED) is 0.368. The van der Waals surface area contributed by atoms with Crippen molar-refractivity contribution < 1.29 is 22.9 Å². The second-order valence-corrected chi connectivity index (χ2v) is 8.44. The molecule has 0 aliphatic heterocycles. The molecule has 9 nitrogen and oxygen atoms in total. The van der Waals surface area contributed by atoms with Gasteiger partial charge < -0.3 is 10.1 Å². The predicted octanol–water partition coefficient (Wildman–Crippen LogP) is 3.26. The van der Waals surface area contributed by atoms with Gasteiger partial charge in [0.15, 0.2) is 0 Å². The van der Waals surface area contributed by atoms with Crippen molar-refractivity contribution in [2.45, 2.75) is 19.9 Å². The van der Waals surface area contributed by atoms with E-state index in [9.17, 15) is 23.3 Å². The monoisotopic (exact) mass is 433 g/mol. The molecular weight excluding hydrogens is 410 g/mol. The third kappa shape index (κ3) is 5.57. The summed E-state index contributed by atoms with van der Waals surface area (Å²) >= 11 is 0. The highest BCUT2D eigenvalue weighted by Gasteiger charge is 2.31. The average molecular weight is 433 g/mol. The minimum atomic E-state index is -3.92. The highest BCUT2D eigenvalue weighted by atomic mass is 32.2. The van der Waals surface area contributed by atoms with Crippen molar-refractivity contribution >= 4 is 33.0 Å². The van der Waals surface area contributed by atoms with Gasteiger partial charge in [0.1, 0.15) is 18.4 Å². The van der Waals surface area contributed by atoms with Crippen LogP contribution in [0.2, 0.25) is 0 Å². The van der Waals surface area contributed by atoms with Crippen molar-refractivity contribution in [3.05, 3.63) is 70.8 Å². The van der Waals surface area contributed by atoms with Crippen LogP contribution < -0.4 is 14.4 Å². The largest absolute Gasteiger partial charge is 0.490 e. The summed E-state index contributed by atoms with van der Waals surface area (Å²) in [4.78, 5) is 23.3. The Labute approximate surface area is 175 Å². The van der Waals surface area contributed by atoms with Crippen LogP contribution in [0.5, 0.6) is 5.75 Å². The topological polar surface area (TPSA) is 119 Å². The molecule has 0 radical (unpaired) electrons. The van der Waals surface area contributed by atoms with E-state index in [4.69, 9.17) is 4.74 Å². The molecule has 30 heavy (non-hydrogen) atoms. The number of nitro benzene ring substituents is 1. The Hall–Kier alpha value is -3.40. The van der Waals surface area contributed by atoms with Crippen molar-refractivity contribution in [2.24, 2.45) is 0 Å². The number of nitrogens with zero attached hydrogens (tertiary/aromatic N) is 2. The van der Waals surface area contributed by atoms with Gasteiger partial charge in [-0.25, -0.2) is 8.42 Å². The molecule has 0 spiro atoms. The maximum atomic E-state index is 12.8. The number of anilines is 2. The van der Waals surface area contributed by atoms with Crippen LogP contribution in [0, 0.1) is 17.0 Å². The van der Waals surface area contributed by atoms with Gasteiger partial charge in [0, 0.05) is 17.8 Å². The standard InChI is InChI=1S/C20H23N3O6S/c1-5-12-29-18-10-7-16(8-11-18)21-20(24)15(3)22(30(4,27)28)19-13-17(23(25)26)9-6-14(19)2/h5-11,13,15H,1,12H2,2-4H3,(H,21,24). The number of sulfonamides is 1. The molecule has 10 heteroatoms. The molecule has 0 heterocycles. The summed E-state index contributed by atoms with van der Waals surface area (Å²) in [5.41, 5.74) is 0.728. The lowest BCUT2D eigenvalue weighted by molar-refractivity contribution is -0.384. The number of carbonyl (C=O) groups excluding carboxylic acids is 1. The van der Waals surface area contributed by atoms with E-state index < -0.39 is 26.9 Å². The zero-order valence-electron chi connectivity index (χ0n) is 16.9. The van der Waals surface area contributed by atoms with Gasteiger partial charge in [-0.3, -0.25) is 19.2 Å². The van der Waals surface area contributed by atoms with Crippen LogP contribution in [0.25, 0.3) is 0 Å². The van der Waals surface area contributed by atoms with Gasteiger partial charge in [-0.15, -0.1) is 0 Å². The minimum Gasteiger partial charge on any atom is -0.490 e. The van der Waals surface area contributed by atoms with Crippen LogP contribution in [0.4, 0.5) is 17.1 Å². The molecule has 2 aromatic rings. The van der Waals surface area contributed by atoms with Crippen LogP contribution in [0.1, 0.15) is 12.5 Å². The van der Waals surface area contributed by atoms with Crippen LogP contribution >= 0.6 is 0 Å². The lowest BCUT2D eigenvalue weighted by Crippen LogP contribution is -2.45. The molecule has 0 saturated carbocycles. The van der Waals surface area contributed by atoms with Gasteiger partial charge in [0.2, 0.25) is 15.9 Å². The first kappa shape index (κ1) is 22.9. The van der Waals surface area contributed by atoms with E-state index in [0.717, 1.165) is 16.6 Å². The minimum absolute atomic E-state index is 0.0718. The number of aryl methyl sites for hydroxylation is 1. The number of amides is 1. The molecule has 1 unspecified atom stereocenters. The molecule has 0 aromatic heterocycles. The summed E-state index contributed by atoms with van der Waals surface area (Å²) in [5, 5.41) is 13.8. The zero-order valence-corrected chi connectivity index (χ0v) is 17.7. The van der Waals surface area contributed by atoms with Gasteiger partial charge in [-0.1, -0.05) is 18.7 Å². The maximum Gasteiger partial charge on any atom is 0.271 e. The third-order valence-electron chi connectivity index (χ3n) is 4.22. The van der Waals surface area contributed by atoms with Crippen LogP contribution in [0.3, 0.4) is 0 Å². The number of carbonyl (C=O) groups is 1. The lowest BCUT2D eigenvalue weighted by atomic mass is 10.1. The Morgan fingerprint density at radius 2 is 1.93 bits per heavy atom. The number of nitrogens with one attached hydrogen (secondary N) is 1. The molecule has 0 saturated heterocycles. The van der Waals surface area contributed by atoms with Gasteiger partial charge in [-0.2, -0.15) is 0 Å². The smallest absolute Gasteiger partial charge is 0.271 e. The summed E-state index contributed by atoms with van der Waals surface area (Å²) in [6, 6.07) is 9.26. The highest BCUT2D eigenvalue weighted by Crippen LogP contribution is 2.29. The second-order valence-electron chi connectivity index (χ2n) is 6.58. The normalized spacial score (nSPS) is 12.0. The number of hydrogen-bond acceptors (Lipinski definition) is 6. The molecule has 0 fully saturated rings. The number of ether oxygens (including phenoxy) is 1. The maximum absolute atomic E-state index is 12.8. The van der Waals surface area contributed by atoms with Gasteiger partial charge in [0.25, 0.3) is 5.69 Å². The molecule has 2 aromatic carbocycles. The SMILES string of the molecule is C=CCOc1ccc(NC(=O)C(C)N(c2cc([N+](=O)[O-])ccc2C)S(C)(=O)=O)cc1. The Balaban J connectivity index is 2.31. The van der Waals surface area contributed by atoms with Gasteiger partial charge in [0.05, 0.1) is 16.9 Å². The lowest BCUT2D eigenvalue weighted by Gasteiger charge is -2.29. The first-order valence-electron chi connectivity index (χ1n) is 8.93. The van der Waals surface area contributed by atoms with Crippen molar-refractivity contribution in [1.82, 2.24) is 0 Å². The highest BCUT2D eigenvalue weighted by molar-refractivity contribution is 7.92. The van der Waals surface area contributed by atoms with Gasteiger partial charge in [-0.05, 0) is 43.7 Å². The van der Waals surface area contributed by atoms with Crippen LogP contribution in [-0.2, 0) is 14.8 Å². The van der Waals surface area contributed by atoms with E-state index in [1.807, 2.05) is 0 Å². The van der Waals surface area contributed by atoms with Gasteiger partial charge >= 0.3 is 0 Å². The molecule has 0 bridgehead atoms. The van der Waals surface area contributed by atoms with E-state index in [-0.39, 0.29) is 11.4 Å². The molecule has 0 aliphatic carbocycles. The molecular formula is C20H23N3O6S. The summed E-state index contributed by atoms with van der Waals surface area (Å²) < 4.78 is 31.2. The third-order valence-corrected chi connectivity index (χ3v) is 5.45. The van der Waals surface area contributed by atoms with Crippen molar-refractivity contribution in [1.29, 1.82) is 0 Å². The zero-order chi connectivity index (χ0) is 22.5. The Morgan fingerprint density at radius 3 is 2.47 bits per heavy atom. The predicted molar refractivity (Wildman–Crippen MR) is 115 cm³/mol. The molecule has 1 N–H and O–H groups in total. The fourth-order valence-corrected chi connectivity index (χ4v) is 3.99. The fourth-order valence-electron chi connectivity index (χ4n) is 2.77. The molecule has 1 amide bonds. The van der Waals surface area contributed by atoms with Crippen molar-refractivity contribution in [2.75, 3.05) is 22.5 Å². The van der Waals surface area contributed by atoms with E-state index >= 15 is 0 Å². The Kier molecular flexibility index (Phi) is 7.17. The fraction of sp³-hybridized carbons (Fsp3) is 0.250. The number of nitro groups is 1.